The molecule has 6 nitrogen and oxygen atoms in total. The Morgan fingerprint density at radius 2 is 0.333 bits per heavy atom. The average Bonchev–Trinajstić information content (AvgIpc) is 3.20. The van der Waals surface area contributed by atoms with Gasteiger partial charge in [0.2, 0.25) is 0 Å². The molecular formula is C54H72F12N6P2Ru+. The molecule has 6 rings (SSSR count). The third-order valence-corrected chi connectivity index (χ3v) is 10.5. The normalized spacial score (nSPS) is 14.3. The second-order valence-corrected chi connectivity index (χ2v) is 27.8. The van der Waals surface area contributed by atoms with Crippen LogP contribution in [0, 0.1) is 0 Å². The van der Waals surface area contributed by atoms with Crippen molar-refractivity contribution in [2.75, 3.05) is 0 Å². The van der Waals surface area contributed by atoms with Gasteiger partial charge in [-0.2, -0.15) is 0 Å². The molecule has 21 heteroatoms. The molecule has 0 amide bonds. The van der Waals surface area contributed by atoms with Crippen LogP contribution in [0.25, 0.3) is 34.2 Å². The number of pyridine rings is 6. The van der Waals surface area contributed by atoms with Gasteiger partial charge in [-0.05, 0) is 139 Å². The minimum Gasteiger partial charge on any atom is 3.00 e. The number of halogens is 12. The Hall–Kier alpha value is -4.46. The van der Waals surface area contributed by atoms with Gasteiger partial charge in [0.15, 0.2) is 0 Å². The second kappa shape index (κ2) is 22.1. The number of nitrogens with zero attached hydrogens (tertiary/aromatic N) is 6. The molecule has 0 unspecified atom stereocenters. The Morgan fingerprint density at radius 1 is 0.240 bits per heavy atom. The molecule has 0 aliphatic rings. The van der Waals surface area contributed by atoms with Crippen molar-refractivity contribution in [2.24, 2.45) is 0 Å². The van der Waals surface area contributed by atoms with Gasteiger partial charge in [0, 0.05) is 37.2 Å². The van der Waals surface area contributed by atoms with Crippen LogP contribution in [0.5, 0.6) is 0 Å². The third kappa shape index (κ3) is 29.6. The Balaban J connectivity index is 0.000000496. The van der Waals surface area contributed by atoms with E-state index in [2.05, 4.69) is 227 Å². The van der Waals surface area contributed by atoms with Crippen molar-refractivity contribution in [2.45, 2.75) is 157 Å². The molecule has 6 aromatic rings. The quantitative estimate of drug-likeness (QED) is 0.0998. The number of hydrogen-bond donors (Lipinski definition) is 0. The van der Waals surface area contributed by atoms with Crippen LogP contribution in [0.2, 0.25) is 0 Å². The monoisotopic (exact) mass is 1200 g/mol. The van der Waals surface area contributed by atoms with Crippen LogP contribution < -0.4 is 0 Å². The largest absolute Gasteiger partial charge is 3.00 e. The van der Waals surface area contributed by atoms with Crippen LogP contribution in [0.1, 0.15) is 158 Å². The van der Waals surface area contributed by atoms with E-state index in [0.717, 1.165) is 34.2 Å². The second-order valence-electron chi connectivity index (χ2n) is 24.0. The number of rotatable bonds is 3. The number of hydrogen-bond acceptors (Lipinski definition) is 6. The Kier molecular flexibility index (Phi) is 20.2. The van der Waals surface area contributed by atoms with Crippen LogP contribution >= 0.6 is 15.6 Å². The van der Waals surface area contributed by atoms with E-state index in [-0.39, 0.29) is 52.0 Å². The van der Waals surface area contributed by atoms with Crippen molar-refractivity contribution in [1.82, 2.24) is 29.9 Å². The third-order valence-electron chi connectivity index (χ3n) is 10.5. The van der Waals surface area contributed by atoms with Crippen molar-refractivity contribution < 1.29 is 69.8 Å². The van der Waals surface area contributed by atoms with E-state index in [1.54, 1.807) is 0 Å². The van der Waals surface area contributed by atoms with Crippen LogP contribution in [0.4, 0.5) is 50.4 Å². The molecule has 0 spiro atoms. The minimum absolute atomic E-state index is 0. The van der Waals surface area contributed by atoms with Gasteiger partial charge in [-0.1, -0.05) is 125 Å². The van der Waals surface area contributed by atoms with Gasteiger partial charge in [0.25, 0.3) is 0 Å². The Labute approximate surface area is 448 Å². The van der Waals surface area contributed by atoms with Gasteiger partial charge in [-0.3, -0.25) is 29.9 Å². The molecule has 0 saturated carbocycles. The van der Waals surface area contributed by atoms with E-state index in [9.17, 15) is 50.4 Å². The maximum absolute atomic E-state index is 10.7. The van der Waals surface area contributed by atoms with Crippen molar-refractivity contribution in [3.8, 4) is 34.2 Å². The van der Waals surface area contributed by atoms with Gasteiger partial charge < -0.3 is 0 Å². The molecule has 0 aliphatic carbocycles. The fourth-order valence-corrected chi connectivity index (χ4v) is 6.22. The summed E-state index contributed by atoms with van der Waals surface area (Å²) in [7, 11) is -21.3. The predicted molar refractivity (Wildman–Crippen MR) is 282 cm³/mol. The van der Waals surface area contributed by atoms with E-state index in [1.165, 1.54) is 33.4 Å². The summed E-state index contributed by atoms with van der Waals surface area (Å²) in [6.07, 6.45) is 11.3. The van der Waals surface area contributed by atoms with E-state index < -0.39 is 15.6 Å². The van der Waals surface area contributed by atoms with Gasteiger partial charge >= 0.3 is 85.5 Å². The van der Waals surface area contributed by atoms with Gasteiger partial charge in [-0.15, -0.1) is 0 Å². The first-order chi connectivity index (χ1) is 32.4. The van der Waals surface area contributed by atoms with Crippen molar-refractivity contribution in [3.05, 3.63) is 143 Å². The predicted octanol–water partition coefficient (Wildman–Crippen LogP) is 21.0. The van der Waals surface area contributed by atoms with Gasteiger partial charge in [0.1, 0.15) is 0 Å². The first-order valence-corrected chi connectivity index (χ1v) is 27.4. The number of aromatic nitrogens is 6. The van der Waals surface area contributed by atoms with Gasteiger partial charge in [0.05, 0.1) is 34.2 Å². The van der Waals surface area contributed by atoms with Crippen molar-refractivity contribution in [1.29, 1.82) is 0 Å². The summed E-state index contributed by atoms with van der Waals surface area (Å²) in [5.41, 5.74) is 14.1. The van der Waals surface area contributed by atoms with E-state index in [1.807, 2.05) is 37.2 Å². The van der Waals surface area contributed by atoms with Crippen LogP contribution in [0.3, 0.4) is 0 Å². The summed E-state index contributed by atoms with van der Waals surface area (Å²) < 4.78 is 118. The summed E-state index contributed by atoms with van der Waals surface area (Å²) in [4.78, 5) is 26.9. The smallest absolute Gasteiger partial charge is 3.00 e. The first-order valence-electron chi connectivity index (χ1n) is 23.4. The molecule has 6 aromatic heterocycles. The topological polar surface area (TPSA) is 77.3 Å². The summed E-state index contributed by atoms with van der Waals surface area (Å²) in [6, 6.07) is 25.4. The molecule has 0 aliphatic heterocycles. The molecule has 0 aromatic carbocycles. The molecule has 419 valence electrons. The zero-order chi connectivity index (χ0) is 57.7. The Morgan fingerprint density at radius 3 is 0.413 bits per heavy atom. The van der Waals surface area contributed by atoms with E-state index in [4.69, 9.17) is 0 Å². The maximum atomic E-state index is 9.87. The molecular weight excluding hydrogens is 1120 g/mol. The fourth-order valence-electron chi connectivity index (χ4n) is 6.22. The summed E-state index contributed by atoms with van der Waals surface area (Å²) in [5, 5.41) is 0. The molecule has 1 radical (unpaired) electrons. The molecule has 0 atom stereocenters. The standard InChI is InChI=1S/3C18H24N2.2F6P.Ru/c3*1-17(2,3)13-7-9-19-15(11-13)16-12-14(8-10-20-16)18(4,5)6;2*1-7(2,3,4,5)6;/h3*7-12H,1-6H3;;;/q;;;2*-1;+3. The fraction of sp³-hybridized carbons (Fsp3) is 0.444. The SMILES string of the molecule is CC(C)(C)c1ccnc(-c2cc(C(C)(C)C)ccn2)c1.CC(C)(C)c1ccnc(-c2cc(C(C)(C)C)ccn2)c1.CC(C)(C)c1ccnc(-c2cc(C(C)(C)C)ccn2)c1.F[P-](F)(F)(F)(F)F.F[P-](F)(F)(F)(F)F.[Ru+3]. The van der Waals surface area contributed by atoms with Crippen LogP contribution in [0.15, 0.2) is 110 Å². The molecule has 0 saturated heterocycles. The summed E-state index contributed by atoms with van der Waals surface area (Å²) in [5.74, 6) is 0. The molecule has 0 N–H and O–H groups in total. The molecule has 0 bridgehead atoms. The average molecular weight is 1200 g/mol. The van der Waals surface area contributed by atoms with Crippen molar-refractivity contribution >= 4 is 15.6 Å². The Bertz CT molecular complexity index is 2360. The van der Waals surface area contributed by atoms with Crippen molar-refractivity contribution in [3.63, 3.8) is 0 Å². The maximum Gasteiger partial charge on any atom is 3.00 e. The zero-order valence-corrected chi connectivity index (χ0v) is 49.4. The molecule has 0 fully saturated rings. The van der Waals surface area contributed by atoms with Gasteiger partial charge in [-0.25, -0.2) is 0 Å². The minimum atomic E-state index is -10.7. The first kappa shape index (κ1) is 68.6. The van der Waals surface area contributed by atoms with Crippen LogP contribution in [-0.2, 0) is 52.0 Å². The summed E-state index contributed by atoms with van der Waals surface area (Å²) >= 11 is 0. The van der Waals surface area contributed by atoms with E-state index in [0.29, 0.717) is 0 Å². The summed E-state index contributed by atoms with van der Waals surface area (Å²) in [6.45, 7) is 39.8. The van der Waals surface area contributed by atoms with Crippen LogP contribution in [-0.4, -0.2) is 29.9 Å². The zero-order valence-electron chi connectivity index (χ0n) is 45.9. The molecule has 6 heterocycles. The van der Waals surface area contributed by atoms with E-state index >= 15 is 0 Å². The molecule has 75 heavy (non-hydrogen) atoms.